The van der Waals surface area contributed by atoms with Gasteiger partial charge in [-0.05, 0) is 32.9 Å². The van der Waals surface area contributed by atoms with Crippen molar-refractivity contribution in [3.05, 3.63) is 36.3 Å². The summed E-state index contributed by atoms with van der Waals surface area (Å²) in [6, 6.07) is 8.17. The molecular formula is C18H24N4O2. The first-order valence-electron chi connectivity index (χ1n) is 8.04. The van der Waals surface area contributed by atoms with Crippen LogP contribution in [-0.2, 0) is 18.3 Å². The van der Waals surface area contributed by atoms with E-state index in [0.717, 1.165) is 16.5 Å². The smallest absolute Gasteiger partial charge is 0.182 e. The molecule has 24 heavy (non-hydrogen) atoms. The fourth-order valence-electron chi connectivity index (χ4n) is 2.85. The molecule has 0 fully saturated rings. The Labute approximate surface area is 141 Å². The first-order chi connectivity index (χ1) is 11.3. The Kier molecular flexibility index (Phi) is 4.19. The van der Waals surface area contributed by atoms with Crippen LogP contribution in [0.25, 0.3) is 22.3 Å². The summed E-state index contributed by atoms with van der Waals surface area (Å²) in [5, 5.41) is 15.9. The number of benzene rings is 1. The molecule has 0 aliphatic heterocycles. The van der Waals surface area contributed by atoms with E-state index >= 15 is 0 Å². The molecule has 0 saturated carbocycles. The van der Waals surface area contributed by atoms with Crippen molar-refractivity contribution in [1.82, 2.24) is 19.3 Å². The zero-order valence-electron chi connectivity index (χ0n) is 14.8. The quantitative estimate of drug-likeness (QED) is 0.782. The fraction of sp³-hybridized carbons (Fsp3) is 0.444. The van der Waals surface area contributed by atoms with E-state index in [1.807, 2.05) is 32.3 Å². The lowest BCUT2D eigenvalue weighted by atomic mass is 10.1. The van der Waals surface area contributed by atoms with E-state index in [-0.39, 0.29) is 6.10 Å². The van der Waals surface area contributed by atoms with Crippen molar-refractivity contribution >= 4 is 10.9 Å². The molecule has 0 saturated heterocycles. The van der Waals surface area contributed by atoms with Gasteiger partial charge >= 0.3 is 0 Å². The van der Waals surface area contributed by atoms with Crippen molar-refractivity contribution in [2.24, 2.45) is 7.05 Å². The molecule has 0 spiro atoms. The molecule has 1 atom stereocenters. The van der Waals surface area contributed by atoms with Gasteiger partial charge in [-0.2, -0.15) is 5.10 Å². The number of aromatic nitrogens is 4. The minimum atomic E-state index is -0.883. The van der Waals surface area contributed by atoms with Crippen LogP contribution in [0.3, 0.4) is 0 Å². The standard InChI is InChI=1S/C18H24N4O2/c1-12(24-5)17-19-16(20-22(17)11-18(2,3)23)14-7-6-8-15-13(14)9-10-21(15)4/h6-10,12,23H,11H2,1-5H3. The molecule has 1 unspecified atom stereocenters. The lowest BCUT2D eigenvalue weighted by Gasteiger charge is -2.19. The second-order valence-electron chi connectivity index (χ2n) is 6.81. The van der Waals surface area contributed by atoms with Crippen LogP contribution in [-0.4, -0.2) is 37.1 Å². The van der Waals surface area contributed by atoms with E-state index in [1.165, 1.54) is 0 Å². The molecule has 1 aromatic carbocycles. The number of aliphatic hydroxyl groups is 1. The predicted molar refractivity (Wildman–Crippen MR) is 93.7 cm³/mol. The third-order valence-corrected chi connectivity index (χ3v) is 4.12. The number of nitrogens with zero attached hydrogens (tertiary/aromatic N) is 4. The minimum absolute atomic E-state index is 0.205. The van der Waals surface area contributed by atoms with E-state index in [9.17, 15) is 5.11 Å². The van der Waals surface area contributed by atoms with Gasteiger partial charge < -0.3 is 14.4 Å². The Morgan fingerprint density at radius 2 is 2.04 bits per heavy atom. The van der Waals surface area contributed by atoms with Crippen molar-refractivity contribution in [1.29, 1.82) is 0 Å². The first kappa shape index (κ1) is 16.7. The van der Waals surface area contributed by atoms with E-state index < -0.39 is 5.60 Å². The third kappa shape index (κ3) is 3.07. The van der Waals surface area contributed by atoms with Crippen LogP contribution < -0.4 is 0 Å². The maximum atomic E-state index is 10.2. The van der Waals surface area contributed by atoms with Gasteiger partial charge in [0.05, 0.1) is 12.1 Å². The first-order valence-corrected chi connectivity index (χ1v) is 8.04. The Hall–Kier alpha value is -2.18. The maximum absolute atomic E-state index is 10.2. The number of aryl methyl sites for hydroxylation is 1. The van der Waals surface area contributed by atoms with Gasteiger partial charge in [-0.1, -0.05) is 12.1 Å². The second kappa shape index (κ2) is 6.03. The zero-order chi connectivity index (χ0) is 17.5. The summed E-state index contributed by atoms with van der Waals surface area (Å²) < 4.78 is 9.24. The zero-order valence-corrected chi connectivity index (χ0v) is 14.8. The van der Waals surface area contributed by atoms with E-state index in [1.54, 1.807) is 25.6 Å². The topological polar surface area (TPSA) is 65.1 Å². The highest BCUT2D eigenvalue weighted by atomic mass is 16.5. The van der Waals surface area contributed by atoms with E-state index in [4.69, 9.17) is 9.72 Å². The number of ether oxygens (including phenoxy) is 1. The SMILES string of the molecule is COC(C)c1nc(-c2cccc3c2ccn3C)nn1CC(C)(C)O. The van der Waals surface area contributed by atoms with Crippen LogP contribution in [0.4, 0.5) is 0 Å². The Bertz CT molecular complexity index is 858. The van der Waals surface area contributed by atoms with Crippen LogP contribution >= 0.6 is 0 Å². The second-order valence-corrected chi connectivity index (χ2v) is 6.81. The van der Waals surface area contributed by atoms with Crippen molar-refractivity contribution < 1.29 is 9.84 Å². The third-order valence-electron chi connectivity index (χ3n) is 4.12. The van der Waals surface area contributed by atoms with Gasteiger partial charge in [0.15, 0.2) is 11.6 Å². The molecule has 0 bridgehead atoms. The lowest BCUT2D eigenvalue weighted by Crippen LogP contribution is -2.28. The van der Waals surface area contributed by atoms with Gasteiger partial charge in [-0.25, -0.2) is 9.67 Å². The number of methoxy groups -OCH3 is 1. The summed E-state index contributed by atoms with van der Waals surface area (Å²) >= 11 is 0. The molecule has 6 nitrogen and oxygen atoms in total. The van der Waals surface area contributed by atoms with Gasteiger partial charge in [0.1, 0.15) is 6.10 Å². The number of rotatable bonds is 5. The molecular weight excluding hydrogens is 304 g/mol. The Balaban J connectivity index is 2.14. The average Bonchev–Trinajstić information content (AvgIpc) is 3.09. The molecule has 6 heteroatoms. The number of hydrogen-bond acceptors (Lipinski definition) is 4. The van der Waals surface area contributed by atoms with Crippen LogP contribution in [0.5, 0.6) is 0 Å². The van der Waals surface area contributed by atoms with Gasteiger partial charge in [-0.3, -0.25) is 0 Å². The lowest BCUT2D eigenvalue weighted by molar-refractivity contribution is 0.0498. The molecule has 2 aromatic heterocycles. The van der Waals surface area contributed by atoms with Gasteiger partial charge in [0.25, 0.3) is 0 Å². The van der Waals surface area contributed by atoms with Crippen molar-refractivity contribution in [2.45, 2.75) is 39.0 Å². The summed E-state index contributed by atoms with van der Waals surface area (Å²) in [6.45, 7) is 5.80. The molecule has 0 aliphatic carbocycles. The van der Waals surface area contributed by atoms with Crippen molar-refractivity contribution in [3.8, 4) is 11.4 Å². The molecule has 3 rings (SSSR count). The van der Waals surface area contributed by atoms with E-state index in [2.05, 4.69) is 21.8 Å². The minimum Gasteiger partial charge on any atom is -0.389 e. The Morgan fingerprint density at radius 1 is 1.29 bits per heavy atom. The fourth-order valence-corrected chi connectivity index (χ4v) is 2.85. The summed E-state index contributed by atoms with van der Waals surface area (Å²) in [5.74, 6) is 1.36. The Morgan fingerprint density at radius 3 is 2.71 bits per heavy atom. The van der Waals surface area contributed by atoms with Gasteiger partial charge in [0.2, 0.25) is 0 Å². The molecule has 128 valence electrons. The normalized spacial score (nSPS) is 13.6. The summed E-state index contributed by atoms with van der Waals surface area (Å²) in [7, 11) is 3.66. The molecule has 2 heterocycles. The summed E-state index contributed by atoms with van der Waals surface area (Å²) in [6.07, 6.45) is 1.82. The van der Waals surface area contributed by atoms with Crippen LogP contribution in [0.1, 0.15) is 32.7 Å². The van der Waals surface area contributed by atoms with Gasteiger partial charge in [-0.15, -0.1) is 0 Å². The van der Waals surface area contributed by atoms with Crippen molar-refractivity contribution in [3.63, 3.8) is 0 Å². The molecule has 1 N–H and O–H groups in total. The molecule has 0 amide bonds. The average molecular weight is 328 g/mol. The van der Waals surface area contributed by atoms with Crippen molar-refractivity contribution in [2.75, 3.05) is 7.11 Å². The monoisotopic (exact) mass is 328 g/mol. The van der Waals surface area contributed by atoms with Crippen LogP contribution in [0, 0.1) is 0 Å². The highest BCUT2D eigenvalue weighted by Crippen LogP contribution is 2.28. The summed E-state index contributed by atoms with van der Waals surface area (Å²) in [4.78, 5) is 4.70. The predicted octanol–water partition coefficient (Wildman–Crippen LogP) is 2.92. The van der Waals surface area contributed by atoms with Gasteiger partial charge in [0, 0.05) is 36.8 Å². The number of hydrogen-bond donors (Lipinski definition) is 1. The molecule has 0 radical (unpaired) electrons. The summed E-state index contributed by atoms with van der Waals surface area (Å²) in [5.41, 5.74) is 1.23. The highest BCUT2D eigenvalue weighted by Gasteiger charge is 2.23. The maximum Gasteiger partial charge on any atom is 0.182 e. The van der Waals surface area contributed by atoms with E-state index in [0.29, 0.717) is 18.2 Å². The van der Waals surface area contributed by atoms with Crippen LogP contribution in [0.2, 0.25) is 0 Å². The largest absolute Gasteiger partial charge is 0.389 e. The van der Waals surface area contributed by atoms with Crippen LogP contribution in [0.15, 0.2) is 30.5 Å². The molecule has 3 aromatic rings. The highest BCUT2D eigenvalue weighted by molar-refractivity contribution is 5.93. The number of fused-ring (bicyclic) bond motifs is 1. The molecule has 0 aliphatic rings.